The molecule has 0 aromatic rings. The SMILES string of the molecule is CCN[C@@H]1CCCC[C@H]1C.[HH]. The second-order valence-electron chi connectivity index (χ2n) is 3.43. The lowest BCUT2D eigenvalue weighted by Crippen LogP contribution is -2.36. The number of nitrogens with one attached hydrogen (secondary N) is 1. The molecule has 0 spiro atoms. The summed E-state index contributed by atoms with van der Waals surface area (Å²) in [7, 11) is 0. The van der Waals surface area contributed by atoms with Crippen molar-refractivity contribution >= 4 is 0 Å². The monoisotopic (exact) mass is 143 g/mol. The van der Waals surface area contributed by atoms with Crippen molar-refractivity contribution < 1.29 is 1.43 Å². The van der Waals surface area contributed by atoms with E-state index in [1.54, 1.807) is 0 Å². The second-order valence-corrected chi connectivity index (χ2v) is 3.43. The van der Waals surface area contributed by atoms with Crippen LogP contribution in [0.3, 0.4) is 0 Å². The van der Waals surface area contributed by atoms with Gasteiger partial charge < -0.3 is 5.32 Å². The number of hydrogen-bond acceptors (Lipinski definition) is 1. The fourth-order valence-corrected chi connectivity index (χ4v) is 1.88. The third-order valence-electron chi connectivity index (χ3n) is 2.58. The molecule has 0 unspecified atom stereocenters. The van der Waals surface area contributed by atoms with Gasteiger partial charge in [-0.2, -0.15) is 0 Å². The third kappa shape index (κ3) is 1.98. The van der Waals surface area contributed by atoms with Gasteiger partial charge in [0.15, 0.2) is 0 Å². The predicted molar refractivity (Wildman–Crippen MR) is 47.2 cm³/mol. The number of rotatable bonds is 2. The van der Waals surface area contributed by atoms with Crippen LogP contribution in [0.1, 0.15) is 41.0 Å². The molecule has 10 heavy (non-hydrogen) atoms. The molecule has 2 atom stereocenters. The van der Waals surface area contributed by atoms with Gasteiger partial charge in [0.25, 0.3) is 0 Å². The highest BCUT2D eigenvalue weighted by Gasteiger charge is 2.19. The van der Waals surface area contributed by atoms with Crippen molar-refractivity contribution in [1.82, 2.24) is 5.32 Å². The first-order valence-corrected chi connectivity index (χ1v) is 4.58. The van der Waals surface area contributed by atoms with Crippen molar-refractivity contribution in [3.63, 3.8) is 0 Å². The van der Waals surface area contributed by atoms with Gasteiger partial charge in [-0.15, -0.1) is 0 Å². The maximum absolute atomic E-state index is 3.53. The maximum atomic E-state index is 3.53. The minimum Gasteiger partial charge on any atom is -0.314 e. The lowest BCUT2D eigenvalue weighted by Gasteiger charge is -2.29. The summed E-state index contributed by atoms with van der Waals surface area (Å²) in [5.41, 5.74) is 0. The van der Waals surface area contributed by atoms with E-state index in [9.17, 15) is 0 Å². The van der Waals surface area contributed by atoms with Crippen LogP contribution in [0.4, 0.5) is 0 Å². The minimum absolute atomic E-state index is 0. The maximum Gasteiger partial charge on any atom is 0.00925 e. The lowest BCUT2D eigenvalue weighted by molar-refractivity contribution is 0.285. The molecule has 1 heteroatoms. The molecule has 0 heterocycles. The molecular formula is C9H21N. The molecule has 1 aliphatic rings. The van der Waals surface area contributed by atoms with Crippen molar-refractivity contribution in [2.75, 3.05) is 6.54 Å². The molecule has 1 fully saturated rings. The van der Waals surface area contributed by atoms with Gasteiger partial charge in [0.2, 0.25) is 0 Å². The van der Waals surface area contributed by atoms with E-state index < -0.39 is 0 Å². The first-order chi connectivity index (χ1) is 4.84. The summed E-state index contributed by atoms with van der Waals surface area (Å²) < 4.78 is 0. The van der Waals surface area contributed by atoms with Gasteiger partial charge in [-0.05, 0) is 25.3 Å². The van der Waals surface area contributed by atoms with E-state index in [-0.39, 0.29) is 1.43 Å². The number of hydrogen-bond donors (Lipinski definition) is 1. The highest BCUT2D eigenvalue weighted by Crippen LogP contribution is 2.23. The quantitative estimate of drug-likeness (QED) is 0.626. The molecule has 1 saturated carbocycles. The summed E-state index contributed by atoms with van der Waals surface area (Å²) >= 11 is 0. The zero-order chi connectivity index (χ0) is 7.40. The Hall–Kier alpha value is -0.0400. The largest absolute Gasteiger partial charge is 0.314 e. The molecule has 1 nitrogen and oxygen atoms in total. The van der Waals surface area contributed by atoms with Gasteiger partial charge in [0.05, 0.1) is 0 Å². The van der Waals surface area contributed by atoms with Gasteiger partial charge >= 0.3 is 0 Å². The van der Waals surface area contributed by atoms with Gasteiger partial charge in [-0.3, -0.25) is 0 Å². The molecule has 1 N–H and O–H groups in total. The highest BCUT2D eigenvalue weighted by atomic mass is 14.9. The van der Waals surface area contributed by atoms with Crippen molar-refractivity contribution in [2.24, 2.45) is 5.92 Å². The fraction of sp³-hybridized carbons (Fsp3) is 1.00. The molecule has 0 bridgehead atoms. The van der Waals surface area contributed by atoms with Crippen LogP contribution in [-0.4, -0.2) is 12.6 Å². The molecular weight excluding hydrogens is 122 g/mol. The standard InChI is InChI=1S/C9H19N.H2/c1-3-10-9-7-5-4-6-8(9)2;/h8-10H,3-7H2,1-2H3;1H/t8-,9-;/m1./s1. The van der Waals surface area contributed by atoms with Crippen molar-refractivity contribution in [3.05, 3.63) is 0 Å². The first-order valence-electron chi connectivity index (χ1n) is 4.58. The van der Waals surface area contributed by atoms with Crippen LogP contribution < -0.4 is 5.32 Å². The van der Waals surface area contributed by atoms with E-state index in [4.69, 9.17) is 0 Å². The van der Waals surface area contributed by atoms with E-state index in [0.29, 0.717) is 0 Å². The Morgan fingerprint density at radius 1 is 1.40 bits per heavy atom. The summed E-state index contributed by atoms with van der Waals surface area (Å²) in [6.07, 6.45) is 5.71. The van der Waals surface area contributed by atoms with E-state index in [0.717, 1.165) is 18.5 Å². The van der Waals surface area contributed by atoms with Gasteiger partial charge in [-0.25, -0.2) is 0 Å². The van der Waals surface area contributed by atoms with Crippen molar-refractivity contribution in [2.45, 2.75) is 45.6 Å². The van der Waals surface area contributed by atoms with Crippen LogP contribution in [-0.2, 0) is 0 Å². The Labute approximate surface area is 65.7 Å². The molecule has 62 valence electrons. The smallest absolute Gasteiger partial charge is 0.00925 e. The highest BCUT2D eigenvalue weighted by molar-refractivity contribution is 4.77. The van der Waals surface area contributed by atoms with Crippen LogP contribution in [0, 0.1) is 5.92 Å². The molecule has 0 radical (unpaired) electrons. The zero-order valence-electron chi connectivity index (χ0n) is 7.19. The van der Waals surface area contributed by atoms with Gasteiger partial charge in [-0.1, -0.05) is 26.7 Å². The Morgan fingerprint density at radius 2 is 2.10 bits per heavy atom. The normalized spacial score (nSPS) is 34.2. The average Bonchev–Trinajstić information content (AvgIpc) is 1.94. The summed E-state index contributed by atoms with van der Waals surface area (Å²) in [4.78, 5) is 0. The van der Waals surface area contributed by atoms with E-state index in [1.807, 2.05) is 0 Å². The van der Waals surface area contributed by atoms with E-state index in [1.165, 1.54) is 25.7 Å². The van der Waals surface area contributed by atoms with Crippen LogP contribution in [0.25, 0.3) is 0 Å². The molecule has 0 amide bonds. The molecule has 1 rings (SSSR count). The van der Waals surface area contributed by atoms with Crippen LogP contribution >= 0.6 is 0 Å². The Kier molecular flexibility index (Phi) is 3.20. The topological polar surface area (TPSA) is 12.0 Å². The summed E-state index contributed by atoms with van der Waals surface area (Å²) in [5, 5.41) is 3.53. The third-order valence-corrected chi connectivity index (χ3v) is 2.58. The summed E-state index contributed by atoms with van der Waals surface area (Å²) in [5.74, 6) is 0.911. The molecule has 0 aromatic heterocycles. The summed E-state index contributed by atoms with van der Waals surface area (Å²) in [6, 6.07) is 0.818. The van der Waals surface area contributed by atoms with Crippen LogP contribution in [0.15, 0.2) is 0 Å². The Morgan fingerprint density at radius 3 is 2.70 bits per heavy atom. The van der Waals surface area contributed by atoms with E-state index in [2.05, 4.69) is 19.2 Å². The second kappa shape index (κ2) is 3.97. The first kappa shape index (κ1) is 8.06. The Bertz CT molecular complexity index is 93.6. The minimum atomic E-state index is 0. The average molecular weight is 143 g/mol. The fourth-order valence-electron chi connectivity index (χ4n) is 1.88. The molecule has 0 saturated heterocycles. The summed E-state index contributed by atoms with van der Waals surface area (Å²) in [6.45, 7) is 5.70. The molecule has 0 aliphatic heterocycles. The lowest BCUT2D eigenvalue weighted by atomic mass is 9.86. The zero-order valence-corrected chi connectivity index (χ0v) is 7.19. The van der Waals surface area contributed by atoms with Gasteiger partial charge in [0.1, 0.15) is 0 Å². The Balaban J connectivity index is 0.000001000. The van der Waals surface area contributed by atoms with Gasteiger partial charge in [0, 0.05) is 7.47 Å². The van der Waals surface area contributed by atoms with E-state index >= 15 is 0 Å². The molecule has 0 aromatic carbocycles. The van der Waals surface area contributed by atoms with Crippen molar-refractivity contribution in [3.8, 4) is 0 Å². The van der Waals surface area contributed by atoms with Crippen LogP contribution in [0.2, 0.25) is 0 Å². The molecule has 1 aliphatic carbocycles. The van der Waals surface area contributed by atoms with Crippen LogP contribution in [0.5, 0.6) is 0 Å². The van der Waals surface area contributed by atoms with Crippen molar-refractivity contribution in [1.29, 1.82) is 0 Å². The predicted octanol–water partition coefficient (Wildman–Crippen LogP) is 2.42.